The topological polar surface area (TPSA) is 119 Å². The highest BCUT2D eigenvalue weighted by atomic mass is 16.6. The number of nitrogens with zero attached hydrogens (tertiary/aromatic N) is 2. The van der Waals surface area contributed by atoms with Crippen molar-refractivity contribution in [2.75, 3.05) is 19.7 Å². The molecule has 152 valence electrons. The summed E-state index contributed by atoms with van der Waals surface area (Å²) in [4.78, 5) is 48.4. The molecule has 1 fully saturated rings. The summed E-state index contributed by atoms with van der Waals surface area (Å²) in [5.74, 6) is -1.62. The van der Waals surface area contributed by atoms with Gasteiger partial charge in [0.2, 0.25) is 0 Å². The molecule has 2 amide bonds. The number of amides is 2. The third-order valence-corrected chi connectivity index (χ3v) is 4.57. The number of likely N-dealkylation sites (tertiary alicyclic amines) is 1. The molecule has 1 saturated heterocycles. The Morgan fingerprint density at radius 3 is 2.46 bits per heavy atom. The lowest BCUT2D eigenvalue weighted by molar-refractivity contribution is -0.384. The van der Waals surface area contributed by atoms with Gasteiger partial charge < -0.3 is 15.0 Å². The summed E-state index contributed by atoms with van der Waals surface area (Å²) in [6, 6.07) is 4.19. The first kappa shape index (κ1) is 21.3. The fraction of sp³-hybridized carbons (Fsp3) is 0.526. The van der Waals surface area contributed by atoms with Crippen molar-refractivity contribution in [3.05, 3.63) is 39.9 Å². The van der Waals surface area contributed by atoms with Crippen LogP contribution in [0.4, 0.5) is 5.69 Å². The zero-order valence-electron chi connectivity index (χ0n) is 15.9. The van der Waals surface area contributed by atoms with Crippen LogP contribution in [0.1, 0.15) is 49.4 Å². The van der Waals surface area contributed by atoms with Crippen molar-refractivity contribution < 1.29 is 24.0 Å². The summed E-state index contributed by atoms with van der Waals surface area (Å²) in [7, 11) is 0. The van der Waals surface area contributed by atoms with Crippen molar-refractivity contribution >= 4 is 23.5 Å². The van der Waals surface area contributed by atoms with E-state index in [-0.39, 0.29) is 23.8 Å². The summed E-state index contributed by atoms with van der Waals surface area (Å²) in [5, 5.41) is 13.2. The minimum atomic E-state index is -0.994. The summed E-state index contributed by atoms with van der Waals surface area (Å²) < 4.78 is 5.04. The number of nitrogens with one attached hydrogen (secondary N) is 1. The molecule has 1 aliphatic rings. The van der Waals surface area contributed by atoms with Crippen molar-refractivity contribution in [2.24, 2.45) is 0 Å². The largest absolute Gasteiger partial charge is 0.454 e. The molecule has 1 aromatic carbocycles. The Bertz CT molecular complexity index is 728. The number of benzene rings is 1. The molecule has 1 atom stereocenters. The van der Waals surface area contributed by atoms with Crippen molar-refractivity contribution in [1.29, 1.82) is 0 Å². The Hall–Kier alpha value is -2.97. The number of nitro benzene ring substituents is 1. The summed E-state index contributed by atoms with van der Waals surface area (Å²) in [6.07, 6.45) is 5.23. The van der Waals surface area contributed by atoms with Crippen molar-refractivity contribution in [1.82, 2.24) is 10.2 Å². The van der Waals surface area contributed by atoms with Gasteiger partial charge in [-0.25, -0.2) is 4.79 Å². The average Bonchev–Trinajstić information content (AvgIpc) is 2.65. The van der Waals surface area contributed by atoms with Gasteiger partial charge in [-0.2, -0.15) is 0 Å². The lowest BCUT2D eigenvalue weighted by atomic mass is 10.1. The molecule has 28 heavy (non-hydrogen) atoms. The second-order valence-corrected chi connectivity index (χ2v) is 6.76. The minimum absolute atomic E-state index is 0.0607. The molecule has 0 aliphatic carbocycles. The molecule has 0 saturated carbocycles. The van der Waals surface area contributed by atoms with Gasteiger partial charge in [0.1, 0.15) is 6.04 Å². The third-order valence-electron chi connectivity index (χ3n) is 4.57. The SMILES string of the molecule is C[C@H](NC(=O)c1cccc([N+](=O)[O-])c1)C(=O)OCC(=O)N1CCCCCCC1. The molecule has 1 aliphatic heterocycles. The Morgan fingerprint density at radius 1 is 1.18 bits per heavy atom. The fourth-order valence-corrected chi connectivity index (χ4v) is 2.95. The van der Waals surface area contributed by atoms with Gasteiger partial charge in [-0.1, -0.05) is 25.3 Å². The maximum Gasteiger partial charge on any atom is 0.328 e. The zero-order chi connectivity index (χ0) is 20.5. The monoisotopic (exact) mass is 391 g/mol. The number of hydrogen-bond donors (Lipinski definition) is 1. The van der Waals surface area contributed by atoms with Gasteiger partial charge in [0.05, 0.1) is 4.92 Å². The number of carbonyl (C=O) groups is 3. The summed E-state index contributed by atoms with van der Waals surface area (Å²) in [5.41, 5.74) is -0.160. The van der Waals surface area contributed by atoms with E-state index in [0.717, 1.165) is 31.7 Å². The molecule has 0 spiro atoms. The first-order valence-corrected chi connectivity index (χ1v) is 9.38. The number of nitro groups is 1. The minimum Gasteiger partial charge on any atom is -0.454 e. The van der Waals surface area contributed by atoms with Crippen LogP contribution in [0.2, 0.25) is 0 Å². The van der Waals surface area contributed by atoms with E-state index < -0.39 is 22.8 Å². The van der Waals surface area contributed by atoms with Gasteiger partial charge >= 0.3 is 5.97 Å². The molecule has 1 N–H and O–H groups in total. The van der Waals surface area contributed by atoms with Crippen LogP contribution in [0.15, 0.2) is 24.3 Å². The molecule has 9 heteroatoms. The summed E-state index contributed by atoms with van der Waals surface area (Å²) >= 11 is 0. The van der Waals surface area contributed by atoms with Crippen molar-refractivity contribution in [2.45, 2.75) is 45.1 Å². The normalized spacial score (nSPS) is 15.7. The lowest BCUT2D eigenvalue weighted by Gasteiger charge is -2.24. The third kappa shape index (κ3) is 6.33. The molecule has 2 rings (SSSR count). The maximum absolute atomic E-state index is 12.2. The van der Waals surface area contributed by atoms with Gasteiger partial charge in [0, 0.05) is 30.8 Å². The highest BCUT2D eigenvalue weighted by molar-refractivity contribution is 5.97. The molecule has 0 bridgehead atoms. The van der Waals surface area contributed by atoms with E-state index in [1.807, 2.05) is 0 Å². The number of ether oxygens (including phenoxy) is 1. The van der Waals surface area contributed by atoms with E-state index in [4.69, 9.17) is 4.74 Å². The van der Waals surface area contributed by atoms with Crippen LogP contribution in [-0.2, 0) is 14.3 Å². The van der Waals surface area contributed by atoms with E-state index >= 15 is 0 Å². The van der Waals surface area contributed by atoms with Crippen LogP contribution in [0, 0.1) is 10.1 Å². The van der Waals surface area contributed by atoms with Crippen LogP contribution < -0.4 is 5.32 Å². The molecule has 0 unspecified atom stereocenters. The Kier molecular flexibility index (Phi) is 7.91. The Morgan fingerprint density at radius 2 is 1.82 bits per heavy atom. The highest BCUT2D eigenvalue weighted by Gasteiger charge is 2.22. The van der Waals surface area contributed by atoms with Crippen LogP contribution in [0.5, 0.6) is 0 Å². The van der Waals surface area contributed by atoms with Gasteiger partial charge in [0.25, 0.3) is 17.5 Å². The van der Waals surface area contributed by atoms with E-state index in [0.29, 0.717) is 13.1 Å². The maximum atomic E-state index is 12.2. The van der Waals surface area contributed by atoms with E-state index in [1.54, 1.807) is 4.90 Å². The highest BCUT2D eigenvalue weighted by Crippen LogP contribution is 2.13. The fourth-order valence-electron chi connectivity index (χ4n) is 2.95. The van der Waals surface area contributed by atoms with E-state index in [9.17, 15) is 24.5 Å². The van der Waals surface area contributed by atoms with Crippen LogP contribution in [0.25, 0.3) is 0 Å². The standard InChI is InChI=1S/C19H25N3O6/c1-14(20-18(24)15-8-7-9-16(12-15)22(26)27)19(25)28-13-17(23)21-10-5-3-2-4-6-11-21/h7-9,12,14H,2-6,10-11,13H2,1H3,(H,20,24)/t14-/m0/s1. The lowest BCUT2D eigenvalue weighted by Crippen LogP contribution is -2.42. The number of esters is 1. The molecule has 1 heterocycles. The second-order valence-electron chi connectivity index (χ2n) is 6.76. The Balaban J connectivity index is 1.83. The number of rotatable bonds is 6. The molecule has 1 aromatic rings. The van der Waals surface area contributed by atoms with Crippen LogP contribution >= 0.6 is 0 Å². The van der Waals surface area contributed by atoms with Crippen LogP contribution in [0.3, 0.4) is 0 Å². The smallest absolute Gasteiger partial charge is 0.328 e. The average molecular weight is 391 g/mol. The number of non-ortho nitro benzene ring substituents is 1. The van der Waals surface area contributed by atoms with Crippen molar-refractivity contribution in [3.63, 3.8) is 0 Å². The molecular weight excluding hydrogens is 366 g/mol. The van der Waals surface area contributed by atoms with Gasteiger partial charge in [-0.15, -0.1) is 0 Å². The molecule has 0 aromatic heterocycles. The van der Waals surface area contributed by atoms with E-state index in [1.165, 1.54) is 31.5 Å². The predicted octanol–water partition coefficient (Wildman–Crippen LogP) is 2.05. The number of hydrogen-bond acceptors (Lipinski definition) is 6. The summed E-state index contributed by atoms with van der Waals surface area (Å²) in [6.45, 7) is 2.39. The first-order chi connectivity index (χ1) is 13.4. The first-order valence-electron chi connectivity index (χ1n) is 9.38. The quantitative estimate of drug-likeness (QED) is 0.450. The molecule has 0 radical (unpaired) electrons. The molecule has 9 nitrogen and oxygen atoms in total. The number of carbonyl (C=O) groups excluding carboxylic acids is 3. The van der Waals surface area contributed by atoms with Gasteiger partial charge in [-0.3, -0.25) is 19.7 Å². The molecular formula is C19H25N3O6. The van der Waals surface area contributed by atoms with Gasteiger partial charge in [-0.05, 0) is 25.8 Å². The zero-order valence-corrected chi connectivity index (χ0v) is 15.9. The Labute approximate surface area is 163 Å². The van der Waals surface area contributed by atoms with Gasteiger partial charge in [0.15, 0.2) is 6.61 Å². The predicted molar refractivity (Wildman–Crippen MR) is 101 cm³/mol. The van der Waals surface area contributed by atoms with Crippen molar-refractivity contribution in [3.8, 4) is 0 Å². The van der Waals surface area contributed by atoms with Crippen LogP contribution in [-0.4, -0.2) is 53.3 Å². The van der Waals surface area contributed by atoms with E-state index in [2.05, 4.69) is 5.32 Å². The second kappa shape index (κ2) is 10.4.